The summed E-state index contributed by atoms with van der Waals surface area (Å²) in [5.74, 6) is 0.151. The SMILES string of the molecule is Cc1cc(/N=C2/N=c3ccccc3=NC2=O)n(-c2ccccc2)n1. The average molecular weight is 315 g/mol. The summed E-state index contributed by atoms with van der Waals surface area (Å²) in [6, 6.07) is 18.7. The third-order valence-corrected chi connectivity index (χ3v) is 3.56. The van der Waals surface area contributed by atoms with Crippen LogP contribution >= 0.6 is 0 Å². The van der Waals surface area contributed by atoms with Crippen molar-refractivity contribution in [2.75, 3.05) is 0 Å². The van der Waals surface area contributed by atoms with Crippen LogP contribution in [0, 0.1) is 6.92 Å². The zero-order valence-corrected chi connectivity index (χ0v) is 12.9. The summed E-state index contributed by atoms with van der Waals surface area (Å²) in [5.41, 5.74) is 1.67. The molecule has 0 spiro atoms. The Bertz CT molecular complexity index is 1080. The predicted molar refractivity (Wildman–Crippen MR) is 89.2 cm³/mol. The van der Waals surface area contributed by atoms with Crippen molar-refractivity contribution >= 4 is 17.6 Å². The van der Waals surface area contributed by atoms with E-state index in [0.29, 0.717) is 16.5 Å². The number of aryl methyl sites for hydroxylation is 1. The van der Waals surface area contributed by atoms with Crippen LogP contribution in [0.4, 0.5) is 5.82 Å². The standard InChI is InChI=1S/C18H13N5O/c1-12-11-16(23(22-12)13-7-3-2-4-8-13)21-17-18(24)20-15-10-6-5-9-14(15)19-17/h2-11H,1H3/b21-17+. The third-order valence-electron chi connectivity index (χ3n) is 3.56. The maximum absolute atomic E-state index is 12.2. The summed E-state index contributed by atoms with van der Waals surface area (Å²) in [5, 5.41) is 5.64. The first kappa shape index (κ1) is 14.2. The molecule has 6 nitrogen and oxygen atoms in total. The number of rotatable bonds is 2. The Labute approximate surface area is 137 Å². The zero-order valence-electron chi connectivity index (χ0n) is 12.9. The fourth-order valence-electron chi connectivity index (χ4n) is 2.48. The molecule has 1 aliphatic rings. The summed E-state index contributed by atoms with van der Waals surface area (Å²) in [4.78, 5) is 25.0. The average Bonchev–Trinajstić information content (AvgIpc) is 2.97. The smallest absolute Gasteiger partial charge is 0.263 e. The second-order valence-electron chi connectivity index (χ2n) is 5.34. The van der Waals surface area contributed by atoms with Crippen LogP contribution in [0.1, 0.15) is 5.69 Å². The molecule has 2 aromatic carbocycles. The number of fused-ring (bicyclic) bond motifs is 1. The topological polar surface area (TPSA) is 72.0 Å². The van der Waals surface area contributed by atoms with Gasteiger partial charge in [0.2, 0.25) is 5.84 Å². The molecule has 0 radical (unpaired) electrons. The van der Waals surface area contributed by atoms with Gasteiger partial charge in [0.05, 0.1) is 22.1 Å². The number of aliphatic imine (C=N–C) groups is 1. The number of benzene rings is 2. The van der Waals surface area contributed by atoms with Crippen molar-refractivity contribution in [2.45, 2.75) is 6.92 Å². The first-order chi connectivity index (χ1) is 11.7. The van der Waals surface area contributed by atoms with Gasteiger partial charge in [0.25, 0.3) is 0 Å². The fourth-order valence-corrected chi connectivity index (χ4v) is 2.48. The number of para-hydroxylation sites is 3. The summed E-state index contributed by atoms with van der Waals surface area (Å²) in [6.45, 7) is 1.88. The second kappa shape index (κ2) is 5.66. The minimum Gasteiger partial charge on any atom is -0.263 e. The monoisotopic (exact) mass is 315 g/mol. The van der Waals surface area contributed by atoms with E-state index in [0.717, 1.165) is 11.4 Å². The minimum absolute atomic E-state index is 0.0609. The Morgan fingerprint density at radius 3 is 2.33 bits per heavy atom. The highest BCUT2D eigenvalue weighted by molar-refractivity contribution is 6.39. The highest BCUT2D eigenvalue weighted by Gasteiger charge is 2.16. The van der Waals surface area contributed by atoms with Crippen LogP contribution in [-0.2, 0) is 4.79 Å². The number of nitrogens with zero attached hydrogens (tertiary/aromatic N) is 5. The van der Waals surface area contributed by atoms with Gasteiger partial charge in [-0.15, -0.1) is 0 Å². The molecule has 1 aromatic heterocycles. The maximum Gasteiger partial charge on any atom is 0.315 e. The van der Waals surface area contributed by atoms with Crippen LogP contribution in [0.2, 0.25) is 0 Å². The maximum atomic E-state index is 12.2. The Kier molecular flexibility index (Phi) is 3.35. The highest BCUT2D eigenvalue weighted by Crippen LogP contribution is 2.20. The van der Waals surface area contributed by atoms with Gasteiger partial charge in [0.1, 0.15) is 0 Å². The Hall–Kier alpha value is -3.41. The lowest BCUT2D eigenvalue weighted by Gasteiger charge is -2.05. The van der Waals surface area contributed by atoms with E-state index in [4.69, 9.17) is 0 Å². The number of hydrogen-bond acceptors (Lipinski definition) is 3. The molecular formula is C18H13N5O. The fraction of sp³-hybridized carbons (Fsp3) is 0.0556. The van der Waals surface area contributed by atoms with Crippen LogP contribution in [-0.4, -0.2) is 21.5 Å². The van der Waals surface area contributed by atoms with E-state index < -0.39 is 5.91 Å². The van der Waals surface area contributed by atoms with Crippen molar-refractivity contribution in [1.29, 1.82) is 0 Å². The van der Waals surface area contributed by atoms with Crippen LogP contribution in [0.3, 0.4) is 0 Å². The van der Waals surface area contributed by atoms with Crippen molar-refractivity contribution in [2.24, 2.45) is 15.0 Å². The molecule has 0 N–H and O–H groups in total. The number of carbonyl (C=O) groups excluding carboxylic acids is 1. The van der Waals surface area contributed by atoms with Gasteiger partial charge < -0.3 is 0 Å². The first-order valence-electron chi connectivity index (χ1n) is 7.48. The second-order valence-corrected chi connectivity index (χ2v) is 5.34. The van der Waals surface area contributed by atoms with E-state index in [9.17, 15) is 4.79 Å². The molecule has 0 unspecified atom stereocenters. The van der Waals surface area contributed by atoms with E-state index in [-0.39, 0.29) is 5.84 Å². The van der Waals surface area contributed by atoms with E-state index in [1.54, 1.807) is 16.8 Å². The largest absolute Gasteiger partial charge is 0.315 e. The number of amides is 1. The molecule has 24 heavy (non-hydrogen) atoms. The van der Waals surface area contributed by atoms with E-state index in [2.05, 4.69) is 20.1 Å². The lowest BCUT2D eigenvalue weighted by molar-refractivity contribution is -0.112. The molecule has 0 aliphatic carbocycles. The van der Waals surface area contributed by atoms with Gasteiger partial charge in [0.15, 0.2) is 5.82 Å². The Morgan fingerprint density at radius 2 is 1.58 bits per heavy atom. The number of aromatic nitrogens is 2. The molecule has 1 amide bonds. The molecule has 0 atom stereocenters. The summed E-state index contributed by atoms with van der Waals surface area (Å²) < 4.78 is 1.69. The van der Waals surface area contributed by atoms with Crippen molar-refractivity contribution < 1.29 is 4.79 Å². The molecule has 0 fully saturated rings. The van der Waals surface area contributed by atoms with Gasteiger partial charge in [0, 0.05) is 6.07 Å². The zero-order chi connectivity index (χ0) is 16.5. The van der Waals surface area contributed by atoms with Crippen LogP contribution in [0.15, 0.2) is 75.6 Å². The van der Waals surface area contributed by atoms with Gasteiger partial charge in [-0.1, -0.05) is 30.3 Å². The lowest BCUT2D eigenvalue weighted by atomic mass is 10.3. The molecule has 0 saturated heterocycles. The molecule has 0 bridgehead atoms. The Balaban J connectivity index is 1.86. The summed E-state index contributed by atoms with van der Waals surface area (Å²) in [6.07, 6.45) is 0. The molecule has 4 rings (SSSR count). The van der Waals surface area contributed by atoms with Crippen LogP contribution < -0.4 is 10.7 Å². The summed E-state index contributed by atoms with van der Waals surface area (Å²) in [7, 11) is 0. The third kappa shape index (κ3) is 2.54. The van der Waals surface area contributed by atoms with Gasteiger partial charge in [-0.05, 0) is 31.2 Å². The molecule has 3 aromatic rings. The van der Waals surface area contributed by atoms with Crippen molar-refractivity contribution in [3.05, 3.63) is 77.1 Å². The number of carbonyl (C=O) groups is 1. The van der Waals surface area contributed by atoms with Gasteiger partial charge in [-0.2, -0.15) is 5.10 Å². The lowest BCUT2D eigenvalue weighted by Crippen LogP contribution is -2.34. The number of hydrogen-bond donors (Lipinski definition) is 0. The van der Waals surface area contributed by atoms with Gasteiger partial charge >= 0.3 is 5.91 Å². The van der Waals surface area contributed by atoms with Crippen molar-refractivity contribution in [1.82, 2.24) is 9.78 Å². The highest BCUT2D eigenvalue weighted by atomic mass is 16.1. The quantitative estimate of drug-likeness (QED) is 0.722. The molecule has 0 saturated carbocycles. The summed E-state index contributed by atoms with van der Waals surface area (Å²) >= 11 is 0. The van der Waals surface area contributed by atoms with E-state index in [1.807, 2.05) is 55.5 Å². The molecular weight excluding hydrogens is 302 g/mol. The van der Waals surface area contributed by atoms with Crippen LogP contribution in [0.5, 0.6) is 0 Å². The predicted octanol–water partition coefficient (Wildman–Crippen LogP) is 1.69. The molecule has 1 aliphatic heterocycles. The minimum atomic E-state index is -0.452. The number of amidine groups is 1. The van der Waals surface area contributed by atoms with Gasteiger partial charge in [-0.25, -0.2) is 19.7 Å². The molecule has 2 heterocycles. The molecule has 6 heteroatoms. The molecule has 116 valence electrons. The van der Waals surface area contributed by atoms with Crippen molar-refractivity contribution in [3.63, 3.8) is 0 Å². The van der Waals surface area contributed by atoms with E-state index in [1.165, 1.54) is 0 Å². The Morgan fingerprint density at radius 1 is 0.917 bits per heavy atom. The normalized spacial score (nSPS) is 14.9. The van der Waals surface area contributed by atoms with E-state index >= 15 is 0 Å². The van der Waals surface area contributed by atoms with Crippen molar-refractivity contribution in [3.8, 4) is 5.69 Å². The van der Waals surface area contributed by atoms with Gasteiger partial charge in [-0.3, -0.25) is 4.79 Å². The van der Waals surface area contributed by atoms with Crippen LogP contribution in [0.25, 0.3) is 5.69 Å². The first-order valence-corrected chi connectivity index (χ1v) is 7.48.